The predicted octanol–water partition coefficient (Wildman–Crippen LogP) is 4.84. The third-order valence-electron chi connectivity index (χ3n) is 6.20. The van der Waals surface area contributed by atoms with Crippen LogP contribution in [-0.2, 0) is 9.59 Å². The quantitative estimate of drug-likeness (QED) is 0.662. The number of amides is 2. The number of hydrogen-bond acceptors (Lipinski definition) is 3. The van der Waals surface area contributed by atoms with E-state index in [1.807, 2.05) is 36.9 Å². The minimum atomic E-state index is -1.10. The molecule has 2 aliphatic heterocycles. The zero-order chi connectivity index (χ0) is 22.4. The van der Waals surface area contributed by atoms with Gasteiger partial charge in [0.25, 0.3) is 11.8 Å². The number of rotatable bonds is 3. The van der Waals surface area contributed by atoms with E-state index in [0.717, 1.165) is 34.6 Å². The van der Waals surface area contributed by atoms with E-state index in [1.165, 1.54) is 6.07 Å². The van der Waals surface area contributed by atoms with Gasteiger partial charge in [-0.1, -0.05) is 32.0 Å². The maximum atomic E-state index is 13.9. The Balaban J connectivity index is 1.86. The average molecular weight is 424 g/mol. The molecule has 2 aromatic carbocycles. The number of benzene rings is 2. The molecule has 0 radical (unpaired) electrons. The Bertz CT molecular complexity index is 1100. The largest absolute Gasteiger partial charge is 0.366 e. The van der Waals surface area contributed by atoms with Gasteiger partial charge in [0.2, 0.25) is 0 Å². The van der Waals surface area contributed by atoms with Crippen molar-refractivity contribution < 1.29 is 18.4 Å². The number of aryl methyl sites for hydroxylation is 2. The molecule has 1 fully saturated rings. The van der Waals surface area contributed by atoms with Crippen molar-refractivity contribution in [3.8, 4) is 0 Å². The van der Waals surface area contributed by atoms with Crippen LogP contribution in [0, 0.1) is 37.3 Å². The highest BCUT2D eigenvalue weighted by molar-refractivity contribution is 6.45. The van der Waals surface area contributed by atoms with Crippen molar-refractivity contribution in [1.29, 1.82) is 0 Å². The maximum absolute atomic E-state index is 13.9. The van der Waals surface area contributed by atoms with Crippen molar-refractivity contribution in [3.05, 3.63) is 70.4 Å². The monoisotopic (exact) mass is 424 g/mol. The van der Waals surface area contributed by atoms with Crippen LogP contribution in [0.4, 0.5) is 14.5 Å². The van der Waals surface area contributed by atoms with Crippen molar-refractivity contribution in [1.82, 2.24) is 4.90 Å². The highest BCUT2D eigenvalue weighted by Gasteiger charge is 2.44. The normalized spacial score (nSPS) is 22.0. The Hall–Kier alpha value is -3.02. The van der Waals surface area contributed by atoms with E-state index in [2.05, 4.69) is 13.8 Å². The van der Waals surface area contributed by atoms with Gasteiger partial charge in [-0.05, 0) is 60.9 Å². The second-order valence-corrected chi connectivity index (χ2v) is 8.92. The van der Waals surface area contributed by atoms with E-state index in [1.54, 1.807) is 0 Å². The average Bonchev–Trinajstić information content (AvgIpc) is 2.96. The SMILES string of the molecule is Cc1ccc(C2=C(N3CC(C)CC(C)C3)C(=O)N(c3ccc(F)c(F)c3)C2=O)cc1C. The molecule has 2 atom stereocenters. The van der Waals surface area contributed by atoms with Gasteiger partial charge in [0.15, 0.2) is 11.6 Å². The standard InChI is InChI=1S/C25H26F2N2O2/c1-14-9-15(2)13-28(12-14)23-22(18-6-5-16(3)17(4)10-18)24(30)29(25(23)31)19-7-8-20(26)21(27)11-19/h5-8,10-11,14-15H,9,12-13H2,1-4H3. The summed E-state index contributed by atoms with van der Waals surface area (Å²) in [5.74, 6) is -2.38. The summed E-state index contributed by atoms with van der Waals surface area (Å²) in [7, 11) is 0. The first-order valence-corrected chi connectivity index (χ1v) is 10.6. The molecule has 2 aliphatic rings. The van der Waals surface area contributed by atoms with Crippen LogP contribution in [0.5, 0.6) is 0 Å². The van der Waals surface area contributed by atoms with Gasteiger partial charge >= 0.3 is 0 Å². The maximum Gasteiger partial charge on any atom is 0.282 e. The molecule has 2 unspecified atom stereocenters. The second kappa shape index (κ2) is 7.91. The zero-order valence-corrected chi connectivity index (χ0v) is 18.2. The van der Waals surface area contributed by atoms with Gasteiger partial charge in [-0.3, -0.25) is 9.59 Å². The Kier molecular flexibility index (Phi) is 5.42. The third kappa shape index (κ3) is 3.75. The van der Waals surface area contributed by atoms with Crippen LogP contribution in [0.3, 0.4) is 0 Å². The molecule has 0 aromatic heterocycles. The van der Waals surface area contributed by atoms with Crippen LogP contribution in [0.15, 0.2) is 42.1 Å². The molecule has 6 heteroatoms. The number of imide groups is 1. The second-order valence-electron chi connectivity index (χ2n) is 8.92. The number of halogens is 2. The molecule has 4 rings (SSSR count). The van der Waals surface area contributed by atoms with Gasteiger partial charge in [0.1, 0.15) is 5.70 Å². The van der Waals surface area contributed by atoms with E-state index in [-0.39, 0.29) is 5.69 Å². The lowest BCUT2D eigenvalue weighted by Gasteiger charge is -2.37. The lowest BCUT2D eigenvalue weighted by atomic mass is 9.90. The Morgan fingerprint density at radius 3 is 2.13 bits per heavy atom. The highest BCUT2D eigenvalue weighted by atomic mass is 19.2. The van der Waals surface area contributed by atoms with Crippen LogP contribution in [0.2, 0.25) is 0 Å². The molecule has 0 spiro atoms. The van der Waals surface area contributed by atoms with Crippen molar-refractivity contribution in [2.45, 2.75) is 34.1 Å². The van der Waals surface area contributed by atoms with Gasteiger partial charge in [-0.15, -0.1) is 0 Å². The van der Waals surface area contributed by atoms with Gasteiger partial charge in [-0.2, -0.15) is 0 Å². The van der Waals surface area contributed by atoms with Gasteiger partial charge in [0, 0.05) is 19.2 Å². The van der Waals surface area contributed by atoms with Gasteiger partial charge in [0.05, 0.1) is 11.3 Å². The molecule has 0 N–H and O–H groups in total. The summed E-state index contributed by atoms with van der Waals surface area (Å²) >= 11 is 0. The van der Waals surface area contributed by atoms with Crippen molar-refractivity contribution in [2.24, 2.45) is 11.8 Å². The number of carbonyl (C=O) groups excluding carboxylic acids is 2. The molecule has 0 aliphatic carbocycles. The molecular weight excluding hydrogens is 398 g/mol. The zero-order valence-electron chi connectivity index (χ0n) is 18.2. The summed E-state index contributed by atoms with van der Waals surface area (Å²) in [5.41, 5.74) is 3.45. The van der Waals surface area contributed by atoms with Crippen LogP contribution in [0.25, 0.3) is 5.57 Å². The highest BCUT2D eigenvalue weighted by Crippen LogP contribution is 2.38. The Morgan fingerprint density at radius 2 is 1.52 bits per heavy atom. The third-order valence-corrected chi connectivity index (χ3v) is 6.20. The summed E-state index contributed by atoms with van der Waals surface area (Å²) in [6, 6.07) is 8.76. The molecule has 2 heterocycles. The predicted molar refractivity (Wildman–Crippen MR) is 116 cm³/mol. The smallest absolute Gasteiger partial charge is 0.282 e. The van der Waals surface area contributed by atoms with E-state index in [0.29, 0.717) is 41.8 Å². The number of likely N-dealkylation sites (tertiary alicyclic amines) is 1. The lowest BCUT2D eigenvalue weighted by Crippen LogP contribution is -2.42. The van der Waals surface area contributed by atoms with Crippen molar-refractivity contribution in [3.63, 3.8) is 0 Å². The summed E-state index contributed by atoms with van der Waals surface area (Å²) in [6.07, 6.45) is 1.05. The molecule has 2 amide bonds. The first-order valence-electron chi connectivity index (χ1n) is 10.6. The summed E-state index contributed by atoms with van der Waals surface area (Å²) < 4.78 is 27.4. The topological polar surface area (TPSA) is 40.6 Å². The molecule has 0 bridgehead atoms. The molecule has 1 saturated heterocycles. The summed E-state index contributed by atoms with van der Waals surface area (Å²) in [5, 5.41) is 0. The molecule has 2 aromatic rings. The molecule has 162 valence electrons. The van der Waals surface area contributed by atoms with Crippen LogP contribution in [0.1, 0.15) is 37.0 Å². The minimum absolute atomic E-state index is 0.0309. The number of hydrogen-bond donors (Lipinski definition) is 0. The first-order chi connectivity index (χ1) is 14.7. The van der Waals surface area contributed by atoms with Crippen molar-refractivity contribution >= 4 is 23.1 Å². The number of anilines is 1. The van der Waals surface area contributed by atoms with Crippen LogP contribution < -0.4 is 4.90 Å². The van der Waals surface area contributed by atoms with E-state index in [4.69, 9.17) is 0 Å². The number of nitrogens with zero attached hydrogens (tertiary/aromatic N) is 2. The molecular formula is C25H26F2N2O2. The summed E-state index contributed by atoms with van der Waals surface area (Å²) in [4.78, 5) is 30.0. The number of piperidine rings is 1. The molecule has 31 heavy (non-hydrogen) atoms. The van der Waals surface area contributed by atoms with Gasteiger partial charge in [-0.25, -0.2) is 13.7 Å². The minimum Gasteiger partial charge on any atom is -0.366 e. The fourth-order valence-corrected chi connectivity index (χ4v) is 4.67. The first kappa shape index (κ1) is 21.2. The van der Waals surface area contributed by atoms with Crippen LogP contribution in [-0.4, -0.2) is 29.8 Å². The van der Waals surface area contributed by atoms with Gasteiger partial charge < -0.3 is 4.90 Å². The Morgan fingerprint density at radius 1 is 0.839 bits per heavy atom. The Labute approximate surface area is 181 Å². The lowest BCUT2D eigenvalue weighted by molar-refractivity contribution is -0.120. The van der Waals surface area contributed by atoms with E-state index < -0.39 is 23.4 Å². The fraction of sp³-hybridized carbons (Fsp3) is 0.360. The van der Waals surface area contributed by atoms with E-state index >= 15 is 0 Å². The summed E-state index contributed by atoms with van der Waals surface area (Å²) in [6.45, 7) is 9.54. The molecule has 0 saturated carbocycles. The molecule has 4 nitrogen and oxygen atoms in total. The van der Waals surface area contributed by atoms with E-state index in [9.17, 15) is 18.4 Å². The van der Waals surface area contributed by atoms with Crippen LogP contribution >= 0.6 is 0 Å². The fourth-order valence-electron chi connectivity index (χ4n) is 4.67. The van der Waals surface area contributed by atoms with Crippen molar-refractivity contribution in [2.75, 3.05) is 18.0 Å². The number of carbonyl (C=O) groups is 2.